The number of carbonyl (C=O) groups is 1. The normalized spacial score (nSPS) is 10.1. The third-order valence-electron chi connectivity index (χ3n) is 2.34. The molecule has 0 radical (unpaired) electrons. The van der Waals surface area contributed by atoms with E-state index in [1.54, 1.807) is 12.1 Å². The Hall–Kier alpha value is -1.58. The molecule has 0 saturated heterocycles. The number of aryl methyl sites for hydroxylation is 1. The largest absolute Gasteiger partial charge is 0.384 e. The van der Waals surface area contributed by atoms with Crippen molar-refractivity contribution in [1.29, 1.82) is 0 Å². The molecule has 0 spiro atoms. The molecule has 4 heteroatoms. The molecule has 0 aliphatic carbocycles. The van der Waals surface area contributed by atoms with Gasteiger partial charge in [-0.25, -0.2) is 4.98 Å². The molecule has 16 heavy (non-hydrogen) atoms. The van der Waals surface area contributed by atoms with E-state index < -0.39 is 0 Å². The first kappa shape index (κ1) is 12.5. The van der Waals surface area contributed by atoms with Crippen molar-refractivity contribution in [2.24, 2.45) is 0 Å². The monoisotopic (exact) mass is 221 g/mol. The van der Waals surface area contributed by atoms with Crippen molar-refractivity contribution in [3.63, 3.8) is 0 Å². The number of hydrogen-bond donors (Lipinski definition) is 2. The minimum absolute atomic E-state index is 0.0720. The van der Waals surface area contributed by atoms with E-state index in [0.717, 1.165) is 25.0 Å². The average Bonchev–Trinajstić information content (AvgIpc) is 2.28. The Kier molecular flexibility index (Phi) is 4.76. The molecule has 3 N–H and O–H groups in total. The van der Waals surface area contributed by atoms with Crippen LogP contribution in [0.1, 0.15) is 42.7 Å². The summed E-state index contributed by atoms with van der Waals surface area (Å²) < 4.78 is 0. The number of nitrogens with one attached hydrogen (secondary N) is 1. The highest BCUT2D eigenvalue weighted by molar-refractivity contribution is 5.94. The minimum atomic E-state index is -0.0720. The second kappa shape index (κ2) is 6.10. The van der Waals surface area contributed by atoms with E-state index in [9.17, 15) is 4.79 Å². The number of carbonyl (C=O) groups excluding carboxylic acids is 1. The molecule has 4 nitrogen and oxygen atoms in total. The molecule has 1 amide bonds. The Morgan fingerprint density at radius 2 is 2.19 bits per heavy atom. The van der Waals surface area contributed by atoms with Gasteiger partial charge in [-0.2, -0.15) is 0 Å². The lowest BCUT2D eigenvalue weighted by Gasteiger charge is -2.06. The summed E-state index contributed by atoms with van der Waals surface area (Å²) in [5.74, 6) is 0.331. The second-order valence-corrected chi connectivity index (χ2v) is 3.74. The van der Waals surface area contributed by atoms with Crippen LogP contribution in [0.3, 0.4) is 0 Å². The van der Waals surface area contributed by atoms with Crippen molar-refractivity contribution in [1.82, 2.24) is 10.3 Å². The number of rotatable bonds is 5. The van der Waals surface area contributed by atoms with Crippen LogP contribution >= 0.6 is 0 Å². The summed E-state index contributed by atoms with van der Waals surface area (Å²) >= 11 is 0. The Morgan fingerprint density at radius 1 is 1.44 bits per heavy atom. The fourth-order valence-electron chi connectivity index (χ4n) is 1.40. The smallest absolute Gasteiger partial charge is 0.251 e. The van der Waals surface area contributed by atoms with Gasteiger partial charge in [0.05, 0.1) is 0 Å². The molecule has 1 heterocycles. The third-order valence-corrected chi connectivity index (χ3v) is 2.34. The van der Waals surface area contributed by atoms with Gasteiger partial charge in [0, 0.05) is 17.8 Å². The number of amides is 1. The summed E-state index contributed by atoms with van der Waals surface area (Å²) in [5, 5.41) is 2.86. The summed E-state index contributed by atoms with van der Waals surface area (Å²) in [7, 11) is 0. The van der Waals surface area contributed by atoms with Gasteiger partial charge in [0.15, 0.2) is 0 Å². The van der Waals surface area contributed by atoms with Crippen LogP contribution < -0.4 is 11.1 Å². The minimum Gasteiger partial charge on any atom is -0.384 e. The first-order chi connectivity index (χ1) is 7.67. The van der Waals surface area contributed by atoms with E-state index in [1.807, 2.05) is 6.92 Å². The molecule has 1 rings (SSSR count). The molecular weight excluding hydrogens is 202 g/mol. The van der Waals surface area contributed by atoms with Crippen molar-refractivity contribution >= 4 is 11.7 Å². The molecular formula is C12H19N3O. The van der Waals surface area contributed by atoms with Gasteiger partial charge < -0.3 is 11.1 Å². The summed E-state index contributed by atoms with van der Waals surface area (Å²) in [4.78, 5) is 15.9. The van der Waals surface area contributed by atoms with E-state index in [1.165, 1.54) is 0 Å². The highest BCUT2D eigenvalue weighted by atomic mass is 16.1. The standard InChI is InChI=1S/C12H19N3O/c1-3-5-6-14-12(16)9-7-10(4-2)15-11(13)8-9/h7-8H,3-6H2,1-2H3,(H2,13,15)(H,14,16). The van der Waals surface area contributed by atoms with Gasteiger partial charge in [-0.1, -0.05) is 20.3 Å². The van der Waals surface area contributed by atoms with Crippen LogP contribution in [0.2, 0.25) is 0 Å². The fraction of sp³-hybridized carbons (Fsp3) is 0.500. The van der Waals surface area contributed by atoms with Gasteiger partial charge in [0.2, 0.25) is 0 Å². The summed E-state index contributed by atoms with van der Waals surface area (Å²) in [5.41, 5.74) is 7.08. The van der Waals surface area contributed by atoms with Gasteiger partial charge in [0.25, 0.3) is 5.91 Å². The van der Waals surface area contributed by atoms with Crippen LogP contribution in [0, 0.1) is 0 Å². The Balaban J connectivity index is 2.71. The second-order valence-electron chi connectivity index (χ2n) is 3.74. The van der Waals surface area contributed by atoms with Crippen molar-refractivity contribution in [3.8, 4) is 0 Å². The molecule has 1 aromatic heterocycles. The van der Waals surface area contributed by atoms with Gasteiger partial charge in [-0.3, -0.25) is 4.79 Å². The maximum Gasteiger partial charge on any atom is 0.251 e. The summed E-state index contributed by atoms with van der Waals surface area (Å²) in [6.45, 7) is 4.78. The Bertz CT molecular complexity index is 363. The molecule has 0 aromatic carbocycles. The van der Waals surface area contributed by atoms with Crippen LogP contribution in [0.4, 0.5) is 5.82 Å². The van der Waals surface area contributed by atoms with Crippen LogP contribution in [0.5, 0.6) is 0 Å². The summed E-state index contributed by atoms with van der Waals surface area (Å²) in [6.07, 6.45) is 2.84. The van der Waals surface area contributed by atoms with Crippen LogP contribution in [0.25, 0.3) is 0 Å². The molecule has 0 aliphatic rings. The number of aromatic nitrogens is 1. The molecule has 1 aromatic rings. The van der Waals surface area contributed by atoms with Crippen molar-refractivity contribution < 1.29 is 4.79 Å². The predicted octanol–water partition coefficient (Wildman–Crippen LogP) is 1.76. The maximum atomic E-state index is 11.7. The number of unbranched alkanes of at least 4 members (excludes halogenated alkanes) is 1. The number of hydrogen-bond acceptors (Lipinski definition) is 3. The first-order valence-corrected chi connectivity index (χ1v) is 5.72. The number of nitrogen functional groups attached to an aromatic ring is 1. The number of anilines is 1. The van der Waals surface area contributed by atoms with E-state index in [-0.39, 0.29) is 5.91 Å². The van der Waals surface area contributed by atoms with Crippen molar-refractivity contribution in [3.05, 3.63) is 23.4 Å². The predicted molar refractivity (Wildman–Crippen MR) is 65.3 cm³/mol. The molecule has 0 unspecified atom stereocenters. The van der Waals surface area contributed by atoms with Gasteiger partial charge in [0.1, 0.15) is 5.82 Å². The number of nitrogens with two attached hydrogens (primary N) is 1. The van der Waals surface area contributed by atoms with Crippen molar-refractivity contribution in [2.75, 3.05) is 12.3 Å². The van der Waals surface area contributed by atoms with E-state index in [2.05, 4.69) is 17.2 Å². The number of pyridine rings is 1. The van der Waals surface area contributed by atoms with E-state index in [4.69, 9.17) is 5.73 Å². The SMILES string of the molecule is CCCCNC(=O)c1cc(N)nc(CC)c1. The quantitative estimate of drug-likeness (QED) is 0.744. The average molecular weight is 221 g/mol. The third kappa shape index (κ3) is 3.53. The molecule has 0 atom stereocenters. The van der Waals surface area contributed by atoms with Crippen LogP contribution in [-0.4, -0.2) is 17.4 Å². The van der Waals surface area contributed by atoms with Crippen molar-refractivity contribution in [2.45, 2.75) is 33.1 Å². The molecule has 0 bridgehead atoms. The zero-order chi connectivity index (χ0) is 12.0. The fourth-order valence-corrected chi connectivity index (χ4v) is 1.40. The molecule has 88 valence electrons. The summed E-state index contributed by atoms with van der Waals surface area (Å²) in [6, 6.07) is 3.40. The zero-order valence-corrected chi connectivity index (χ0v) is 9.92. The lowest BCUT2D eigenvalue weighted by Crippen LogP contribution is -2.24. The zero-order valence-electron chi connectivity index (χ0n) is 9.92. The first-order valence-electron chi connectivity index (χ1n) is 5.72. The van der Waals surface area contributed by atoms with Gasteiger partial charge >= 0.3 is 0 Å². The molecule has 0 aliphatic heterocycles. The van der Waals surface area contributed by atoms with Gasteiger partial charge in [-0.15, -0.1) is 0 Å². The van der Waals surface area contributed by atoms with Gasteiger partial charge in [-0.05, 0) is 25.0 Å². The number of nitrogens with zero attached hydrogens (tertiary/aromatic N) is 1. The van der Waals surface area contributed by atoms with E-state index >= 15 is 0 Å². The lowest BCUT2D eigenvalue weighted by atomic mass is 10.2. The van der Waals surface area contributed by atoms with Crippen LogP contribution in [0.15, 0.2) is 12.1 Å². The highest BCUT2D eigenvalue weighted by Crippen LogP contribution is 2.08. The lowest BCUT2D eigenvalue weighted by molar-refractivity contribution is 0.0953. The van der Waals surface area contributed by atoms with Crippen LogP contribution in [-0.2, 0) is 6.42 Å². The van der Waals surface area contributed by atoms with E-state index in [0.29, 0.717) is 17.9 Å². The topological polar surface area (TPSA) is 68.0 Å². The highest BCUT2D eigenvalue weighted by Gasteiger charge is 2.07. The Morgan fingerprint density at radius 3 is 2.81 bits per heavy atom. The maximum absolute atomic E-state index is 11.7. The Labute approximate surface area is 96.3 Å². The molecule has 0 saturated carbocycles. The molecule has 0 fully saturated rings.